The molecule has 1 saturated carbocycles. The van der Waals surface area contributed by atoms with Gasteiger partial charge in [0.25, 0.3) is 11.8 Å². The predicted octanol–water partition coefficient (Wildman–Crippen LogP) is 6.18. The number of aliphatic imine (C=N–C) groups is 1. The maximum Gasteiger partial charge on any atom is 0.388 e. The van der Waals surface area contributed by atoms with Crippen LogP contribution in [0.1, 0.15) is 56.1 Å². The number of aromatic nitrogens is 2. The molecule has 240 valence electrons. The van der Waals surface area contributed by atoms with Crippen molar-refractivity contribution in [3.05, 3.63) is 47.7 Å². The Kier molecular flexibility index (Phi) is 8.84. The maximum atomic E-state index is 15.7. The fraction of sp³-hybridized carbons (Fsp3) is 0.586. The van der Waals surface area contributed by atoms with Crippen molar-refractivity contribution in [3.63, 3.8) is 0 Å². The first-order valence-electron chi connectivity index (χ1n) is 14.2. The lowest BCUT2D eigenvalue weighted by atomic mass is 9.62. The molecule has 3 heterocycles. The Labute approximate surface area is 254 Å². The smallest absolute Gasteiger partial charge is 0.388 e. The lowest BCUT2D eigenvalue weighted by Crippen LogP contribution is -2.61. The number of amides is 1. The van der Waals surface area contributed by atoms with E-state index in [1.165, 1.54) is 23.9 Å². The molecule has 0 radical (unpaired) electrons. The monoisotopic (exact) mass is 645 g/mol. The van der Waals surface area contributed by atoms with Crippen molar-refractivity contribution >= 4 is 28.5 Å². The van der Waals surface area contributed by atoms with Gasteiger partial charge in [-0.05, 0) is 56.2 Å². The number of rotatable bonds is 7. The van der Waals surface area contributed by atoms with E-state index >= 15 is 17.6 Å². The summed E-state index contributed by atoms with van der Waals surface area (Å²) in [7, 11) is 0. The normalized spacial score (nSPS) is 31.8. The minimum absolute atomic E-state index is 0.0416. The molecule has 0 bridgehead atoms. The van der Waals surface area contributed by atoms with Crippen molar-refractivity contribution in [2.45, 2.75) is 69.9 Å². The number of alkyl halides is 5. The first-order valence-corrected chi connectivity index (χ1v) is 15.2. The van der Waals surface area contributed by atoms with E-state index in [2.05, 4.69) is 25.0 Å². The zero-order valence-corrected chi connectivity index (χ0v) is 25.0. The number of ether oxygens (including phenoxy) is 2. The highest BCUT2D eigenvalue weighted by molar-refractivity contribution is 8.13. The molecule has 15 heteroatoms. The minimum atomic E-state index is -3.64. The molecule has 1 amide bonds. The number of nitrogens with one attached hydrogen (secondary N) is 1. The highest BCUT2D eigenvalue weighted by Gasteiger charge is 2.65. The third kappa shape index (κ3) is 5.96. The number of nitrogens with two attached hydrogens (primary N) is 1. The summed E-state index contributed by atoms with van der Waals surface area (Å²) in [6, 6.07) is 3.79. The molecule has 3 aliphatic rings. The molecule has 1 aromatic heterocycles. The number of hydrogen-bond donors (Lipinski definition) is 2. The fourth-order valence-corrected chi connectivity index (χ4v) is 7.63. The maximum absolute atomic E-state index is 15.7. The molecule has 2 aromatic rings. The second-order valence-electron chi connectivity index (χ2n) is 12.0. The fourth-order valence-electron chi connectivity index (χ4n) is 6.62. The average molecular weight is 646 g/mol. The Morgan fingerprint density at radius 2 is 1.95 bits per heavy atom. The molecular weight excluding hydrogens is 612 g/mol. The summed E-state index contributed by atoms with van der Waals surface area (Å²) >= 11 is 1.22. The van der Waals surface area contributed by atoms with Gasteiger partial charge in [0, 0.05) is 22.9 Å². The number of amidine groups is 1. The Hall–Kier alpha value is -3.07. The average Bonchev–Trinajstić information content (AvgIpc) is 2.95. The van der Waals surface area contributed by atoms with Gasteiger partial charge in [0.05, 0.1) is 31.0 Å². The van der Waals surface area contributed by atoms with E-state index in [9.17, 15) is 13.6 Å². The van der Waals surface area contributed by atoms with Gasteiger partial charge in [-0.3, -0.25) is 4.79 Å². The van der Waals surface area contributed by atoms with Crippen molar-refractivity contribution in [2.24, 2.45) is 34.4 Å². The van der Waals surface area contributed by atoms with E-state index in [0.717, 1.165) is 25.4 Å². The number of carbonyl (C=O) groups is 1. The SMILES string of the molecule is CC(C)C1CCC(C)(F)C(F)(F)C1C1CC2CSC(N)=NC2(c2cc(NC(=O)c3cnc(OC(F)F)cn3)ccc2F)CO1. The zero-order valence-electron chi connectivity index (χ0n) is 24.2. The third-order valence-corrected chi connectivity index (χ3v) is 9.95. The van der Waals surface area contributed by atoms with Crippen LogP contribution in [-0.2, 0) is 10.3 Å². The summed E-state index contributed by atoms with van der Waals surface area (Å²) in [6.45, 7) is 1.23. The van der Waals surface area contributed by atoms with Crippen molar-refractivity contribution in [1.29, 1.82) is 0 Å². The van der Waals surface area contributed by atoms with Gasteiger partial charge in [-0.25, -0.2) is 32.5 Å². The Bertz CT molecular complexity index is 1410. The quantitative estimate of drug-likeness (QED) is 0.346. The summed E-state index contributed by atoms with van der Waals surface area (Å²) in [5.41, 5.74) is 1.98. The number of carbonyl (C=O) groups excluding carboxylic acids is 1. The molecule has 0 spiro atoms. The van der Waals surface area contributed by atoms with Crippen LogP contribution in [0.5, 0.6) is 5.88 Å². The summed E-state index contributed by atoms with van der Waals surface area (Å²) < 4.78 is 97.3. The van der Waals surface area contributed by atoms with Crippen molar-refractivity contribution < 1.29 is 40.6 Å². The van der Waals surface area contributed by atoms with Gasteiger partial charge < -0.3 is 20.5 Å². The molecular formula is C29H33F6N5O3S. The summed E-state index contributed by atoms with van der Waals surface area (Å²) in [4.78, 5) is 24.8. The molecule has 8 nitrogen and oxygen atoms in total. The van der Waals surface area contributed by atoms with Gasteiger partial charge in [-0.15, -0.1) is 0 Å². The molecule has 44 heavy (non-hydrogen) atoms. The van der Waals surface area contributed by atoms with Crippen LogP contribution < -0.4 is 15.8 Å². The topological polar surface area (TPSA) is 112 Å². The second-order valence-corrected chi connectivity index (χ2v) is 13.1. The molecule has 1 saturated heterocycles. The Morgan fingerprint density at radius 3 is 2.61 bits per heavy atom. The highest BCUT2D eigenvalue weighted by atomic mass is 32.2. The Balaban J connectivity index is 1.43. The largest absolute Gasteiger partial charge is 0.415 e. The number of hydrogen-bond acceptors (Lipinski definition) is 8. The predicted molar refractivity (Wildman–Crippen MR) is 152 cm³/mol. The molecule has 1 aromatic carbocycles. The number of fused-ring (bicyclic) bond motifs is 1. The van der Waals surface area contributed by atoms with E-state index < -0.39 is 65.2 Å². The van der Waals surface area contributed by atoms with Crippen LogP contribution in [0.25, 0.3) is 0 Å². The molecule has 3 N–H and O–H groups in total. The molecule has 1 aliphatic carbocycles. The van der Waals surface area contributed by atoms with E-state index in [-0.39, 0.29) is 47.5 Å². The van der Waals surface area contributed by atoms with E-state index in [0.29, 0.717) is 12.2 Å². The lowest BCUT2D eigenvalue weighted by Gasteiger charge is -2.53. The third-order valence-electron chi connectivity index (χ3n) is 8.99. The highest BCUT2D eigenvalue weighted by Crippen LogP contribution is 2.57. The molecule has 2 fully saturated rings. The van der Waals surface area contributed by atoms with Gasteiger partial charge >= 0.3 is 6.61 Å². The molecule has 2 aliphatic heterocycles. The van der Waals surface area contributed by atoms with E-state index in [1.807, 2.05) is 13.8 Å². The molecule has 5 rings (SSSR count). The van der Waals surface area contributed by atoms with Gasteiger partial charge in [0.15, 0.2) is 10.8 Å². The van der Waals surface area contributed by atoms with Crippen molar-refractivity contribution in [1.82, 2.24) is 9.97 Å². The van der Waals surface area contributed by atoms with Crippen LogP contribution in [0, 0.1) is 29.5 Å². The van der Waals surface area contributed by atoms with Gasteiger partial charge in [-0.1, -0.05) is 25.6 Å². The second kappa shape index (κ2) is 12.0. The zero-order chi connectivity index (χ0) is 32.0. The first-order chi connectivity index (χ1) is 20.6. The number of thioether (sulfide) groups is 1. The van der Waals surface area contributed by atoms with E-state index in [1.54, 1.807) is 0 Å². The van der Waals surface area contributed by atoms with Crippen molar-refractivity contribution in [3.8, 4) is 5.88 Å². The van der Waals surface area contributed by atoms with Gasteiger partial charge in [0.1, 0.15) is 17.1 Å². The number of nitrogens with zero attached hydrogens (tertiary/aromatic N) is 3. The standard InChI is InChI=1S/C29H33F6N5O3S/c1-14(2)17-6-7-27(3,33)29(34,35)23(17)21-8-15-12-44-26(36)40-28(15,13-42-21)18-9-16(4-5-19(18)30)39-24(41)20-10-38-22(11-37-20)43-25(31)32/h4-5,9-11,14-15,17,21,23,25H,6-8,12-13H2,1-3H3,(H2,36,40)(H,39,41). The number of benzene rings is 1. The summed E-state index contributed by atoms with van der Waals surface area (Å²) in [5, 5.41) is 2.73. The van der Waals surface area contributed by atoms with Crippen molar-refractivity contribution in [2.75, 3.05) is 17.7 Å². The minimum Gasteiger partial charge on any atom is -0.415 e. The van der Waals surface area contributed by atoms with Crippen LogP contribution in [0.3, 0.4) is 0 Å². The summed E-state index contributed by atoms with van der Waals surface area (Å²) in [5.74, 6) is -7.71. The van der Waals surface area contributed by atoms with Crippen LogP contribution in [0.2, 0.25) is 0 Å². The molecule has 6 unspecified atom stereocenters. The summed E-state index contributed by atoms with van der Waals surface area (Å²) in [6.07, 6.45) is 0.921. The van der Waals surface area contributed by atoms with E-state index in [4.69, 9.17) is 10.5 Å². The van der Waals surface area contributed by atoms with Crippen LogP contribution >= 0.6 is 11.8 Å². The number of halogens is 6. The first kappa shape index (κ1) is 32.3. The van der Waals surface area contributed by atoms with Crippen LogP contribution in [0.4, 0.5) is 32.0 Å². The van der Waals surface area contributed by atoms with Gasteiger partial charge in [0.2, 0.25) is 5.88 Å². The number of anilines is 1. The van der Waals surface area contributed by atoms with Crippen LogP contribution in [-0.4, -0.2) is 57.7 Å². The lowest BCUT2D eigenvalue weighted by molar-refractivity contribution is -0.251. The molecule has 6 atom stereocenters. The Morgan fingerprint density at radius 1 is 1.20 bits per heavy atom. The van der Waals surface area contributed by atoms with Crippen LogP contribution in [0.15, 0.2) is 35.6 Å². The van der Waals surface area contributed by atoms with Gasteiger partial charge in [-0.2, -0.15) is 8.78 Å².